The molecule has 2 aromatic carbocycles. The second kappa shape index (κ2) is 9.88. The first-order chi connectivity index (χ1) is 15.9. The summed E-state index contributed by atoms with van der Waals surface area (Å²) in [5.41, 5.74) is 7.36. The lowest BCUT2D eigenvalue weighted by molar-refractivity contribution is 0.0471. The molecule has 3 rings (SSSR count). The molecule has 5 heteroatoms. The van der Waals surface area contributed by atoms with Crippen molar-refractivity contribution in [2.45, 2.75) is 67.2 Å². The SMILES string of the molecule is Cc1ccc(-n2c(C)cc(C(=O)COC(=O)c3cc(C(C)C)cc(C(C)C)c3O)c2C)cc1C. The Balaban J connectivity index is 1.84. The van der Waals surface area contributed by atoms with Crippen LogP contribution in [-0.2, 0) is 4.74 Å². The highest BCUT2D eigenvalue weighted by molar-refractivity contribution is 6.01. The van der Waals surface area contributed by atoms with Crippen LogP contribution in [0.15, 0.2) is 36.4 Å². The summed E-state index contributed by atoms with van der Waals surface area (Å²) in [5, 5.41) is 10.7. The fourth-order valence-corrected chi connectivity index (χ4v) is 4.20. The first-order valence-corrected chi connectivity index (χ1v) is 11.8. The molecule has 0 aliphatic carbocycles. The molecule has 0 aliphatic heterocycles. The van der Waals surface area contributed by atoms with Crippen LogP contribution >= 0.6 is 0 Å². The Morgan fingerprint density at radius 2 is 1.56 bits per heavy atom. The molecule has 0 bridgehead atoms. The number of ketones is 1. The molecule has 3 aromatic rings. The molecule has 5 nitrogen and oxygen atoms in total. The number of ether oxygens (including phenoxy) is 1. The summed E-state index contributed by atoms with van der Waals surface area (Å²) in [5.74, 6) is -0.826. The van der Waals surface area contributed by atoms with E-state index in [1.807, 2.05) is 64.3 Å². The molecule has 0 radical (unpaired) electrons. The zero-order chi connectivity index (χ0) is 25.3. The monoisotopic (exact) mass is 461 g/mol. The van der Waals surface area contributed by atoms with Gasteiger partial charge >= 0.3 is 5.97 Å². The van der Waals surface area contributed by atoms with Crippen molar-refractivity contribution in [1.82, 2.24) is 4.57 Å². The number of phenols is 1. The van der Waals surface area contributed by atoms with Crippen LogP contribution in [0.1, 0.15) is 93.9 Å². The van der Waals surface area contributed by atoms with Crippen molar-refractivity contribution in [2.75, 3.05) is 6.61 Å². The second-order valence-electron chi connectivity index (χ2n) is 9.70. The van der Waals surface area contributed by atoms with E-state index in [-0.39, 0.29) is 28.9 Å². The zero-order valence-electron chi connectivity index (χ0n) is 21.4. The smallest absolute Gasteiger partial charge is 0.342 e. The maximum absolute atomic E-state index is 13.0. The van der Waals surface area contributed by atoms with Crippen molar-refractivity contribution in [2.24, 2.45) is 0 Å². The first-order valence-electron chi connectivity index (χ1n) is 11.8. The van der Waals surface area contributed by atoms with Crippen LogP contribution in [0.25, 0.3) is 5.69 Å². The largest absolute Gasteiger partial charge is 0.507 e. The Labute approximate surface area is 202 Å². The molecule has 1 N–H and O–H groups in total. The molecule has 0 amide bonds. The van der Waals surface area contributed by atoms with Crippen molar-refractivity contribution >= 4 is 11.8 Å². The maximum atomic E-state index is 13.0. The van der Waals surface area contributed by atoms with E-state index in [0.29, 0.717) is 11.1 Å². The van der Waals surface area contributed by atoms with Gasteiger partial charge in [0, 0.05) is 22.6 Å². The molecular weight excluding hydrogens is 426 g/mol. The van der Waals surface area contributed by atoms with Crippen LogP contribution in [0.3, 0.4) is 0 Å². The van der Waals surface area contributed by atoms with E-state index >= 15 is 0 Å². The highest BCUT2D eigenvalue weighted by atomic mass is 16.5. The van der Waals surface area contributed by atoms with E-state index in [9.17, 15) is 14.7 Å². The van der Waals surface area contributed by atoms with Crippen LogP contribution in [0.5, 0.6) is 5.75 Å². The highest BCUT2D eigenvalue weighted by Gasteiger charge is 2.23. The number of aryl methyl sites for hydroxylation is 3. The van der Waals surface area contributed by atoms with Gasteiger partial charge in [0.05, 0.1) is 0 Å². The average molecular weight is 462 g/mol. The van der Waals surface area contributed by atoms with E-state index in [1.54, 1.807) is 6.07 Å². The van der Waals surface area contributed by atoms with Gasteiger partial charge in [-0.3, -0.25) is 4.79 Å². The van der Waals surface area contributed by atoms with Crippen molar-refractivity contribution < 1.29 is 19.4 Å². The van der Waals surface area contributed by atoms with Gasteiger partial charge in [0.2, 0.25) is 5.78 Å². The molecule has 34 heavy (non-hydrogen) atoms. The summed E-state index contributed by atoms with van der Waals surface area (Å²) in [6.45, 7) is 15.6. The van der Waals surface area contributed by atoms with Crippen LogP contribution in [-0.4, -0.2) is 28.0 Å². The van der Waals surface area contributed by atoms with Crippen LogP contribution in [0.4, 0.5) is 0 Å². The van der Waals surface area contributed by atoms with Crippen molar-refractivity contribution in [3.05, 3.63) is 81.2 Å². The standard InChI is InChI=1S/C29H35NO4/c1-16(2)22-13-24(17(3)4)28(32)26(14-22)29(33)34-15-27(31)25-12-20(7)30(21(25)8)23-10-9-18(5)19(6)11-23/h9-14,16-17,32H,15H2,1-8H3. The summed E-state index contributed by atoms with van der Waals surface area (Å²) in [6, 6.07) is 11.6. The van der Waals surface area contributed by atoms with Gasteiger partial charge in [-0.2, -0.15) is 0 Å². The van der Waals surface area contributed by atoms with Crippen molar-refractivity contribution in [1.29, 1.82) is 0 Å². The number of aromatic hydroxyl groups is 1. The molecule has 0 fully saturated rings. The van der Waals surface area contributed by atoms with E-state index in [4.69, 9.17) is 4.74 Å². The van der Waals surface area contributed by atoms with E-state index < -0.39 is 12.6 Å². The maximum Gasteiger partial charge on any atom is 0.342 e. The number of aromatic nitrogens is 1. The third kappa shape index (κ3) is 4.93. The number of benzene rings is 2. The number of esters is 1. The Hall–Kier alpha value is -3.34. The third-order valence-electron chi connectivity index (χ3n) is 6.48. The third-order valence-corrected chi connectivity index (χ3v) is 6.48. The predicted octanol–water partition coefficient (Wildman–Crippen LogP) is 6.70. The fourth-order valence-electron chi connectivity index (χ4n) is 4.20. The molecule has 0 saturated heterocycles. The number of carbonyl (C=O) groups excluding carboxylic acids is 2. The topological polar surface area (TPSA) is 68.5 Å². The predicted molar refractivity (Wildman–Crippen MR) is 136 cm³/mol. The van der Waals surface area contributed by atoms with Crippen LogP contribution in [0, 0.1) is 27.7 Å². The average Bonchev–Trinajstić information content (AvgIpc) is 3.07. The molecule has 1 aromatic heterocycles. The van der Waals surface area contributed by atoms with E-state index in [1.165, 1.54) is 11.1 Å². The van der Waals surface area contributed by atoms with Gasteiger partial charge in [-0.05, 0) is 86.1 Å². The minimum atomic E-state index is -0.696. The summed E-state index contributed by atoms with van der Waals surface area (Å²) < 4.78 is 7.42. The van der Waals surface area contributed by atoms with Crippen LogP contribution in [0.2, 0.25) is 0 Å². The number of nitrogens with zero attached hydrogens (tertiary/aromatic N) is 1. The molecule has 0 spiro atoms. The quantitative estimate of drug-likeness (QED) is 0.314. The molecule has 0 unspecified atom stereocenters. The molecule has 0 atom stereocenters. The highest BCUT2D eigenvalue weighted by Crippen LogP contribution is 2.33. The fraction of sp³-hybridized carbons (Fsp3) is 0.379. The van der Waals surface area contributed by atoms with Crippen molar-refractivity contribution in [3.8, 4) is 11.4 Å². The lowest BCUT2D eigenvalue weighted by Crippen LogP contribution is -2.16. The second-order valence-corrected chi connectivity index (χ2v) is 9.70. The lowest BCUT2D eigenvalue weighted by atomic mass is 9.92. The lowest BCUT2D eigenvalue weighted by Gasteiger charge is -2.16. The van der Waals surface area contributed by atoms with E-state index in [2.05, 4.69) is 26.0 Å². The van der Waals surface area contributed by atoms with Gasteiger partial charge in [0.15, 0.2) is 6.61 Å². The minimum Gasteiger partial charge on any atom is -0.507 e. The number of hydrogen-bond acceptors (Lipinski definition) is 4. The summed E-state index contributed by atoms with van der Waals surface area (Å²) in [7, 11) is 0. The first kappa shape index (κ1) is 25.3. The number of rotatable bonds is 7. The Bertz CT molecular complexity index is 1250. The minimum absolute atomic E-state index is 0.0442. The summed E-state index contributed by atoms with van der Waals surface area (Å²) in [4.78, 5) is 25.9. The number of phenolic OH excluding ortho intramolecular Hbond substituents is 1. The van der Waals surface area contributed by atoms with Gasteiger partial charge in [-0.25, -0.2) is 4.79 Å². The van der Waals surface area contributed by atoms with Gasteiger partial charge < -0.3 is 14.4 Å². The number of hydrogen-bond donors (Lipinski definition) is 1. The molecular formula is C29H35NO4. The molecule has 1 heterocycles. The summed E-state index contributed by atoms with van der Waals surface area (Å²) >= 11 is 0. The van der Waals surface area contributed by atoms with Gasteiger partial charge in [-0.1, -0.05) is 39.8 Å². The van der Waals surface area contributed by atoms with Crippen LogP contribution < -0.4 is 0 Å². The molecule has 0 aliphatic rings. The molecule has 0 saturated carbocycles. The van der Waals surface area contributed by atoms with Gasteiger partial charge in [0.1, 0.15) is 11.3 Å². The van der Waals surface area contributed by atoms with Gasteiger partial charge in [0.25, 0.3) is 0 Å². The number of carbonyl (C=O) groups is 2. The van der Waals surface area contributed by atoms with E-state index in [0.717, 1.165) is 22.6 Å². The Morgan fingerprint density at radius 1 is 0.882 bits per heavy atom. The Morgan fingerprint density at radius 3 is 2.15 bits per heavy atom. The van der Waals surface area contributed by atoms with Crippen molar-refractivity contribution in [3.63, 3.8) is 0 Å². The van der Waals surface area contributed by atoms with Gasteiger partial charge in [-0.15, -0.1) is 0 Å². The number of Topliss-reactive ketones (excluding diaryl/α,β-unsaturated/α-hetero) is 1. The molecule has 180 valence electrons. The normalized spacial score (nSPS) is 11.4. The Kier molecular flexibility index (Phi) is 7.35. The summed E-state index contributed by atoms with van der Waals surface area (Å²) in [6.07, 6.45) is 0. The zero-order valence-corrected chi connectivity index (χ0v) is 21.4.